The molecule has 1 heterocycles. The minimum absolute atomic E-state index is 0. The van der Waals surface area contributed by atoms with Crippen LogP contribution in [0.4, 0.5) is 0 Å². The summed E-state index contributed by atoms with van der Waals surface area (Å²) in [5.41, 5.74) is 1.94. The molecule has 6 nitrogen and oxygen atoms in total. The van der Waals surface area contributed by atoms with Crippen molar-refractivity contribution in [1.29, 1.82) is 0 Å². The number of hydrogen-bond acceptors (Lipinski definition) is 4. The third-order valence-corrected chi connectivity index (χ3v) is 3.53. The topological polar surface area (TPSA) is 97.1 Å². The number of aromatic amines is 1. The Kier molecular flexibility index (Phi) is 7.89. The molecule has 2 rings (SSSR count). The van der Waals surface area contributed by atoms with E-state index in [-0.39, 0.29) is 23.6 Å². The normalized spacial score (nSPS) is 10.2. The van der Waals surface area contributed by atoms with E-state index in [4.69, 9.17) is 4.74 Å². The van der Waals surface area contributed by atoms with Crippen molar-refractivity contribution >= 4 is 45.2 Å². The summed E-state index contributed by atoms with van der Waals surface area (Å²) in [4.78, 5) is 16.8. The van der Waals surface area contributed by atoms with Crippen LogP contribution in [0.5, 0.6) is 5.75 Å². The van der Waals surface area contributed by atoms with Gasteiger partial charge in [0.1, 0.15) is 11.4 Å². The van der Waals surface area contributed by atoms with Crippen molar-refractivity contribution in [3.05, 3.63) is 27.9 Å². The van der Waals surface area contributed by atoms with E-state index in [1.165, 1.54) is 0 Å². The molecule has 0 aliphatic heterocycles. The summed E-state index contributed by atoms with van der Waals surface area (Å²) in [5, 5.41) is 11.0. The fourth-order valence-electron chi connectivity index (χ4n) is 2.10. The Balaban J connectivity index is 0.00000220. The van der Waals surface area contributed by atoms with Gasteiger partial charge in [-0.3, -0.25) is 0 Å². The van der Waals surface area contributed by atoms with Crippen LogP contribution in [-0.2, 0) is 11.3 Å². The largest absolute Gasteiger partial charge is 0.506 e. The van der Waals surface area contributed by atoms with Gasteiger partial charge in [-0.2, -0.15) is 0 Å². The number of carbonyl (C=O) groups excluding carboxylic acids is 1. The molecule has 0 spiro atoms. The number of aromatic hydroxyl groups is 1. The molecular formula is C14H20BrClN2O4. The fourth-order valence-corrected chi connectivity index (χ4v) is 2.56. The highest BCUT2D eigenvalue weighted by molar-refractivity contribution is 9.10. The van der Waals surface area contributed by atoms with Crippen molar-refractivity contribution in [2.45, 2.75) is 13.5 Å². The van der Waals surface area contributed by atoms with E-state index >= 15 is 0 Å². The van der Waals surface area contributed by atoms with Crippen molar-refractivity contribution in [1.82, 2.24) is 9.88 Å². The van der Waals surface area contributed by atoms with E-state index in [9.17, 15) is 9.90 Å². The average Bonchev–Trinajstić information content (AvgIpc) is 2.78. The number of ether oxygens (including phenoxy) is 1. The van der Waals surface area contributed by atoms with Gasteiger partial charge in [-0.05, 0) is 49.1 Å². The second-order valence-corrected chi connectivity index (χ2v) is 5.64. The van der Waals surface area contributed by atoms with Gasteiger partial charge in [0.05, 0.1) is 11.1 Å². The van der Waals surface area contributed by atoms with Gasteiger partial charge in [0.15, 0.2) is 0 Å². The zero-order valence-corrected chi connectivity index (χ0v) is 15.0. The Morgan fingerprint density at radius 1 is 1.41 bits per heavy atom. The van der Waals surface area contributed by atoms with E-state index in [0.29, 0.717) is 23.3 Å². The molecule has 22 heavy (non-hydrogen) atoms. The van der Waals surface area contributed by atoms with Gasteiger partial charge in [-0.1, -0.05) is 0 Å². The summed E-state index contributed by atoms with van der Waals surface area (Å²) in [7, 11) is 3.84. The molecule has 0 unspecified atom stereocenters. The van der Waals surface area contributed by atoms with Crippen molar-refractivity contribution in [2.75, 3.05) is 20.7 Å². The van der Waals surface area contributed by atoms with E-state index in [0.717, 1.165) is 16.5 Å². The minimum atomic E-state index is -0.393. The molecular weight excluding hydrogens is 376 g/mol. The van der Waals surface area contributed by atoms with Crippen LogP contribution in [-0.4, -0.2) is 47.1 Å². The first-order chi connectivity index (χ1) is 9.43. The Hall–Kier alpha value is -1.28. The predicted molar refractivity (Wildman–Crippen MR) is 91.9 cm³/mol. The summed E-state index contributed by atoms with van der Waals surface area (Å²) in [5.74, 6) is -0.198. The summed E-state index contributed by atoms with van der Waals surface area (Å²) >= 11 is 3.33. The van der Waals surface area contributed by atoms with Crippen LogP contribution in [0.25, 0.3) is 10.9 Å². The lowest BCUT2D eigenvalue weighted by atomic mass is 10.1. The van der Waals surface area contributed by atoms with E-state index < -0.39 is 5.97 Å². The third kappa shape index (κ3) is 4.13. The number of benzene rings is 1. The van der Waals surface area contributed by atoms with Gasteiger partial charge >= 0.3 is 5.97 Å². The maximum atomic E-state index is 11.8. The molecule has 0 amide bonds. The van der Waals surface area contributed by atoms with Crippen molar-refractivity contribution in [3.8, 4) is 5.75 Å². The number of esters is 1. The van der Waals surface area contributed by atoms with Crippen LogP contribution < -0.4 is 0 Å². The average molecular weight is 396 g/mol. The lowest BCUT2D eigenvalue weighted by molar-refractivity contribution is 0.0520. The van der Waals surface area contributed by atoms with E-state index in [1.807, 2.05) is 19.0 Å². The minimum Gasteiger partial charge on any atom is -0.506 e. The van der Waals surface area contributed by atoms with Gasteiger partial charge in [0, 0.05) is 23.0 Å². The van der Waals surface area contributed by atoms with Crippen molar-refractivity contribution < 1.29 is 20.1 Å². The SMILES string of the molecule is CCOC(=O)c1cc2c(CN(C)C)c(O)c(Br)cc2[nH]1.Cl.O. The number of nitrogens with zero attached hydrogens (tertiary/aromatic N) is 1. The molecule has 0 bridgehead atoms. The number of H-pyrrole nitrogens is 1. The molecule has 0 fully saturated rings. The molecule has 1 aromatic heterocycles. The smallest absolute Gasteiger partial charge is 0.354 e. The maximum absolute atomic E-state index is 11.8. The molecule has 2 aromatic rings. The lowest BCUT2D eigenvalue weighted by Gasteiger charge is -2.13. The molecule has 8 heteroatoms. The predicted octanol–water partition coefficient (Wildman–Crippen LogP) is 2.47. The molecule has 4 N–H and O–H groups in total. The second kappa shape index (κ2) is 8.38. The summed E-state index contributed by atoms with van der Waals surface area (Å²) in [6.07, 6.45) is 0. The van der Waals surface area contributed by atoms with Crippen LogP contribution in [0.1, 0.15) is 23.0 Å². The molecule has 0 aliphatic carbocycles. The highest BCUT2D eigenvalue weighted by Gasteiger charge is 2.17. The van der Waals surface area contributed by atoms with Gasteiger partial charge in [0.25, 0.3) is 0 Å². The summed E-state index contributed by atoms with van der Waals surface area (Å²) in [6, 6.07) is 3.48. The standard InChI is InChI=1S/C14H17BrN2O3.ClH.H2O/c1-4-20-14(19)12-5-8-9(7-17(2)3)13(18)10(15)6-11(8)16-12;;/h5-6,16,18H,4,7H2,1-3H3;1H;1H2. The fraction of sp³-hybridized carbons (Fsp3) is 0.357. The third-order valence-electron chi connectivity index (χ3n) is 2.93. The van der Waals surface area contributed by atoms with Crippen molar-refractivity contribution in [3.63, 3.8) is 0 Å². The Labute approximate surface area is 143 Å². The molecule has 0 radical (unpaired) electrons. The number of rotatable bonds is 4. The molecule has 0 saturated carbocycles. The number of carbonyl (C=O) groups is 1. The Morgan fingerprint density at radius 2 is 2.05 bits per heavy atom. The molecule has 0 aliphatic rings. The van der Waals surface area contributed by atoms with Crippen LogP contribution >= 0.6 is 28.3 Å². The van der Waals surface area contributed by atoms with Gasteiger partial charge in [-0.15, -0.1) is 12.4 Å². The molecule has 0 atom stereocenters. The van der Waals surface area contributed by atoms with E-state index in [1.54, 1.807) is 19.1 Å². The number of aromatic nitrogens is 1. The zero-order valence-electron chi connectivity index (χ0n) is 12.6. The van der Waals surface area contributed by atoms with Crippen molar-refractivity contribution in [2.24, 2.45) is 0 Å². The number of halogens is 2. The van der Waals surface area contributed by atoms with Gasteiger partial charge < -0.3 is 25.2 Å². The Bertz CT molecular complexity index is 658. The second-order valence-electron chi connectivity index (χ2n) is 4.79. The summed E-state index contributed by atoms with van der Waals surface area (Å²) in [6.45, 7) is 2.66. The quantitative estimate of drug-likeness (QED) is 0.777. The van der Waals surface area contributed by atoms with Gasteiger partial charge in [-0.25, -0.2) is 4.79 Å². The monoisotopic (exact) mass is 394 g/mol. The lowest BCUT2D eigenvalue weighted by Crippen LogP contribution is -2.11. The van der Waals surface area contributed by atoms with Crippen LogP contribution in [0.3, 0.4) is 0 Å². The number of fused-ring (bicyclic) bond motifs is 1. The summed E-state index contributed by atoms with van der Waals surface area (Å²) < 4.78 is 5.58. The zero-order chi connectivity index (χ0) is 14.9. The Morgan fingerprint density at radius 3 is 2.59 bits per heavy atom. The highest BCUT2D eigenvalue weighted by atomic mass is 79.9. The molecule has 0 saturated heterocycles. The number of nitrogens with one attached hydrogen (secondary N) is 1. The number of phenols is 1. The van der Waals surface area contributed by atoms with Crippen LogP contribution in [0.2, 0.25) is 0 Å². The van der Waals surface area contributed by atoms with E-state index in [2.05, 4.69) is 20.9 Å². The van der Waals surface area contributed by atoms with Gasteiger partial charge in [0.2, 0.25) is 0 Å². The number of phenolic OH excluding ortho intramolecular Hbond substituents is 1. The maximum Gasteiger partial charge on any atom is 0.354 e. The molecule has 1 aromatic carbocycles. The first kappa shape index (κ1) is 20.7. The highest BCUT2D eigenvalue weighted by Crippen LogP contribution is 2.35. The van der Waals surface area contributed by atoms with Crippen LogP contribution in [0.15, 0.2) is 16.6 Å². The van der Waals surface area contributed by atoms with Crippen LogP contribution in [0, 0.1) is 0 Å². The first-order valence-corrected chi connectivity index (χ1v) is 7.08. The number of hydrogen-bond donors (Lipinski definition) is 2. The first-order valence-electron chi connectivity index (χ1n) is 6.29. The molecule has 124 valence electrons.